The summed E-state index contributed by atoms with van der Waals surface area (Å²) >= 11 is 0. The molecule has 0 saturated carbocycles. The van der Waals surface area contributed by atoms with Gasteiger partial charge in [-0.15, -0.1) is 0 Å². The molecule has 2 fully saturated rings. The van der Waals surface area contributed by atoms with Crippen LogP contribution in [-0.2, 0) is 4.74 Å². The van der Waals surface area contributed by atoms with Crippen LogP contribution in [0, 0.1) is 11.6 Å². The lowest BCUT2D eigenvalue weighted by Crippen LogP contribution is -2.59. The Bertz CT molecular complexity index is 660. The van der Waals surface area contributed by atoms with E-state index in [0.29, 0.717) is 32.4 Å². The molecule has 0 radical (unpaired) electrons. The molecular weight excluding hydrogens is 334 g/mol. The molecule has 2 aliphatic rings. The number of piperidine rings is 1. The quantitative estimate of drug-likeness (QED) is 0.717. The van der Waals surface area contributed by atoms with E-state index in [9.17, 15) is 23.8 Å². The molecule has 1 aromatic rings. The number of nitrogens with zero attached hydrogens (tertiary/aromatic N) is 1. The van der Waals surface area contributed by atoms with Crippen LogP contribution >= 0.6 is 0 Å². The first-order valence-electron chi connectivity index (χ1n) is 8.26. The fourth-order valence-corrected chi connectivity index (χ4v) is 3.47. The minimum absolute atomic E-state index is 0.0635. The molecule has 8 heteroatoms. The van der Waals surface area contributed by atoms with Crippen molar-refractivity contribution in [1.29, 1.82) is 0 Å². The molecule has 1 spiro atoms. The van der Waals surface area contributed by atoms with Crippen molar-refractivity contribution in [3.8, 4) is 0 Å². The topological polar surface area (TPSA) is 82.0 Å². The van der Waals surface area contributed by atoms with Crippen LogP contribution in [0.1, 0.15) is 26.2 Å². The summed E-state index contributed by atoms with van der Waals surface area (Å²) in [5.74, 6) is -1.99. The number of aliphatic hydroxyl groups is 2. The van der Waals surface area contributed by atoms with Crippen molar-refractivity contribution < 1.29 is 28.5 Å². The zero-order valence-electron chi connectivity index (χ0n) is 14.0. The largest absolute Gasteiger partial charge is 0.388 e. The summed E-state index contributed by atoms with van der Waals surface area (Å²) in [5.41, 5.74) is -1.58. The fourth-order valence-electron chi connectivity index (χ4n) is 3.47. The summed E-state index contributed by atoms with van der Waals surface area (Å²) in [6.45, 7) is 2.46. The number of anilines is 1. The van der Waals surface area contributed by atoms with Gasteiger partial charge in [-0.1, -0.05) is 0 Å². The average molecular weight is 356 g/mol. The van der Waals surface area contributed by atoms with Gasteiger partial charge in [-0.25, -0.2) is 13.6 Å². The molecule has 138 valence electrons. The second-order valence-corrected chi connectivity index (χ2v) is 7.09. The highest BCUT2D eigenvalue weighted by Gasteiger charge is 2.48. The van der Waals surface area contributed by atoms with Crippen LogP contribution in [0.4, 0.5) is 19.3 Å². The van der Waals surface area contributed by atoms with Crippen molar-refractivity contribution in [3.05, 3.63) is 29.8 Å². The van der Waals surface area contributed by atoms with Gasteiger partial charge < -0.3 is 25.2 Å². The minimum Gasteiger partial charge on any atom is -0.388 e. The third-order valence-corrected chi connectivity index (χ3v) is 5.08. The predicted molar refractivity (Wildman–Crippen MR) is 86.1 cm³/mol. The maximum Gasteiger partial charge on any atom is 0.321 e. The van der Waals surface area contributed by atoms with Gasteiger partial charge in [-0.3, -0.25) is 0 Å². The second-order valence-electron chi connectivity index (χ2n) is 7.09. The number of urea groups is 1. The van der Waals surface area contributed by atoms with Crippen LogP contribution in [0.25, 0.3) is 0 Å². The third-order valence-electron chi connectivity index (χ3n) is 5.08. The highest BCUT2D eigenvalue weighted by Crippen LogP contribution is 2.39. The lowest BCUT2D eigenvalue weighted by molar-refractivity contribution is -0.221. The highest BCUT2D eigenvalue weighted by atomic mass is 19.2. The lowest BCUT2D eigenvalue weighted by Gasteiger charge is -2.49. The van der Waals surface area contributed by atoms with Gasteiger partial charge >= 0.3 is 6.03 Å². The molecule has 0 bridgehead atoms. The summed E-state index contributed by atoms with van der Waals surface area (Å²) in [6.07, 6.45) is 0.440. The van der Waals surface area contributed by atoms with Crippen molar-refractivity contribution in [2.24, 2.45) is 0 Å². The number of hydrogen-bond acceptors (Lipinski definition) is 4. The number of halogens is 2. The maximum atomic E-state index is 13.2. The molecule has 2 saturated heterocycles. The standard InChI is InChI=1S/C17H22F2N2O4/c1-16(24)10-17(25-9-14(16)22)4-6-21(7-5-17)15(23)20-11-2-3-12(18)13(19)8-11/h2-3,8,14,22,24H,4-7,9-10H2,1H3,(H,20,23)/t14-,16-/m0/s1. The second kappa shape index (κ2) is 6.51. The van der Waals surface area contributed by atoms with Crippen molar-refractivity contribution in [2.45, 2.75) is 43.5 Å². The van der Waals surface area contributed by atoms with E-state index in [1.165, 1.54) is 6.07 Å². The number of amides is 2. The minimum atomic E-state index is -1.21. The molecule has 2 aliphatic heterocycles. The molecule has 25 heavy (non-hydrogen) atoms. The third kappa shape index (κ3) is 3.75. The van der Waals surface area contributed by atoms with Crippen LogP contribution in [0.2, 0.25) is 0 Å². The Morgan fingerprint density at radius 2 is 2.00 bits per heavy atom. The number of carbonyl (C=O) groups excluding carboxylic acids is 1. The number of carbonyl (C=O) groups is 1. The van der Waals surface area contributed by atoms with E-state index in [1.807, 2.05) is 0 Å². The fraction of sp³-hybridized carbons (Fsp3) is 0.588. The van der Waals surface area contributed by atoms with E-state index in [2.05, 4.69) is 5.32 Å². The van der Waals surface area contributed by atoms with Gasteiger partial charge in [0.25, 0.3) is 0 Å². The summed E-state index contributed by atoms with van der Waals surface area (Å²) in [7, 11) is 0. The SMILES string of the molecule is C[C@]1(O)CC2(CCN(C(=O)Nc3ccc(F)c(F)c3)CC2)OC[C@@H]1O. The Morgan fingerprint density at radius 1 is 1.32 bits per heavy atom. The van der Waals surface area contributed by atoms with E-state index in [4.69, 9.17) is 4.74 Å². The van der Waals surface area contributed by atoms with E-state index in [0.717, 1.165) is 12.1 Å². The van der Waals surface area contributed by atoms with Crippen molar-refractivity contribution in [3.63, 3.8) is 0 Å². The molecule has 2 amide bonds. The monoisotopic (exact) mass is 356 g/mol. The lowest BCUT2D eigenvalue weighted by atomic mass is 9.77. The highest BCUT2D eigenvalue weighted by molar-refractivity contribution is 5.89. The van der Waals surface area contributed by atoms with Gasteiger partial charge in [-0.2, -0.15) is 0 Å². The Labute approximate surface area is 144 Å². The summed E-state index contributed by atoms with van der Waals surface area (Å²) in [5, 5.41) is 22.6. The van der Waals surface area contributed by atoms with Gasteiger partial charge in [-0.05, 0) is 31.9 Å². The summed E-state index contributed by atoms with van der Waals surface area (Å²) in [4.78, 5) is 13.8. The molecular formula is C17H22F2N2O4. The normalized spacial score (nSPS) is 28.8. The van der Waals surface area contributed by atoms with Crippen LogP contribution < -0.4 is 5.32 Å². The Morgan fingerprint density at radius 3 is 2.60 bits per heavy atom. The zero-order valence-corrected chi connectivity index (χ0v) is 14.0. The van der Waals surface area contributed by atoms with Crippen LogP contribution in [-0.4, -0.2) is 58.1 Å². The van der Waals surface area contributed by atoms with E-state index >= 15 is 0 Å². The predicted octanol–water partition coefficient (Wildman–Crippen LogP) is 1.86. The summed E-state index contributed by atoms with van der Waals surface area (Å²) < 4.78 is 31.9. The molecule has 0 aromatic heterocycles. The maximum absolute atomic E-state index is 13.2. The van der Waals surface area contributed by atoms with Crippen LogP contribution in [0.3, 0.4) is 0 Å². The Kier molecular flexibility index (Phi) is 4.70. The molecule has 0 aliphatic carbocycles. The first kappa shape index (κ1) is 18.0. The molecule has 3 rings (SSSR count). The van der Waals surface area contributed by atoms with Crippen LogP contribution in [0.15, 0.2) is 18.2 Å². The first-order chi connectivity index (χ1) is 11.7. The number of rotatable bonds is 1. The van der Waals surface area contributed by atoms with Gasteiger partial charge in [0, 0.05) is 31.3 Å². The van der Waals surface area contributed by atoms with E-state index in [-0.39, 0.29) is 12.3 Å². The van der Waals surface area contributed by atoms with Gasteiger partial charge in [0.15, 0.2) is 11.6 Å². The number of benzene rings is 1. The number of likely N-dealkylation sites (tertiary alicyclic amines) is 1. The molecule has 3 N–H and O–H groups in total. The molecule has 0 unspecified atom stereocenters. The van der Waals surface area contributed by atoms with Crippen molar-refractivity contribution in [1.82, 2.24) is 4.90 Å². The molecule has 2 heterocycles. The van der Waals surface area contributed by atoms with Gasteiger partial charge in [0.2, 0.25) is 0 Å². The smallest absolute Gasteiger partial charge is 0.321 e. The van der Waals surface area contributed by atoms with Crippen molar-refractivity contribution >= 4 is 11.7 Å². The molecule has 1 aromatic carbocycles. The van der Waals surface area contributed by atoms with Gasteiger partial charge in [0.05, 0.1) is 17.8 Å². The summed E-state index contributed by atoms with van der Waals surface area (Å²) in [6, 6.07) is 2.79. The number of aliphatic hydroxyl groups excluding tert-OH is 1. The Hall–Kier alpha value is -1.77. The Balaban J connectivity index is 1.58. The van der Waals surface area contributed by atoms with Crippen molar-refractivity contribution in [2.75, 3.05) is 25.0 Å². The number of nitrogens with one attached hydrogen (secondary N) is 1. The molecule has 2 atom stereocenters. The van der Waals surface area contributed by atoms with Gasteiger partial charge in [0.1, 0.15) is 6.10 Å². The average Bonchev–Trinajstić information content (AvgIpc) is 2.55. The number of hydrogen-bond donors (Lipinski definition) is 3. The molecule has 6 nitrogen and oxygen atoms in total. The zero-order chi connectivity index (χ0) is 18.2. The van der Waals surface area contributed by atoms with Crippen LogP contribution in [0.5, 0.6) is 0 Å². The van der Waals surface area contributed by atoms with E-state index < -0.39 is 35.0 Å². The first-order valence-corrected chi connectivity index (χ1v) is 8.26. The van der Waals surface area contributed by atoms with E-state index in [1.54, 1.807) is 11.8 Å². The number of ether oxygens (including phenoxy) is 1.